The molecule has 1 aliphatic rings. The van der Waals surface area contributed by atoms with E-state index in [2.05, 4.69) is 20.1 Å². The summed E-state index contributed by atoms with van der Waals surface area (Å²) in [5, 5.41) is 4.69. The van der Waals surface area contributed by atoms with Crippen molar-refractivity contribution >= 4 is 22.8 Å². The topological polar surface area (TPSA) is 79.2 Å². The SMILES string of the molecule is O=C(c1cncs1)N1CCc2[nH]cnc2C1c1cc2ccccn2n1. The highest BCUT2D eigenvalue weighted by molar-refractivity contribution is 7.11. The Balaban J connectivity index is 1.64. The fourth-order valence-corrected chi connectivity index (χ4v) is 3.92. The fourth-order valence-electron chi connectivity index (χ4n) is 3.35. The van der Waals surface area contributed by atoms with Gasteiger partial charge in [0.25, 0.3) is 5.91 Å². The van der Waals surface area contributed by atoms with Gasteiger partial charge in [0, 0.05) is 24.9 Å². The molecule has 7 nitrogen and oxygen atoms in total. The summed E-state index contributed by atoms with van der Waals surface area (Å²) in [6.45, 7) is 0.616. The van der Waals surface area contributed by atoms with E-state index < -0.39 is 0 Å². The molecule has 1 N–H and O–H groups in total. The fraction of sp³-hybridized carbons (Fsp3) is 0.176. The van der Waals surface area contributed by atoms with E-state index in [0.717, 1.165) is 29.0 Å². The zero-order chi connectivity index (χ0) is 16.8. The molecule has 0 spiro atoms. The minimum absolute atomic E-state index is 0.0294. The number of aromatic amines is 1. The number of rotatable bonds is 2. The minimum atomic E-state index is -0.301. The second kappa shape index (κ2) is 5.52. The van der Waals surface area contributed by atoms with Crippen LogP contribution in [0.2, 0.25) is 0 Å². The van der Waals surface area contributed by atoms with Crippen molar-refractivity contribution < 1.29 is 4.79 Å². The Hall–Kier alpha value is -3.00. The maximum absolute atomic E-state index is 13.0. The summed E-state index contributed by atoms with van der Waals surface area (Å²) >= 11 is 1.35. The van der Waals surface area contributed by atoms with Gasteiger partial charge in [-0.25, -0.2) is 9.50 Å². The van der Waals surface area contributed by atoms with Crippen LogP contribution in [0.15, 0.2) is 48.5 Å². The summed E-state index contributed by atoms with van der Waals surface area (Å²) < 4.78 is 1.83. The third kappa shape index (κ3) is 2.25. The summed E-state index contributed by atoms with van der Waals surface area (Å²) in [6.07, 6.45) is 5.97. The van der Waals surface area contributed by atoms with Gasteiger partial charge in [-0.15, -0.1) is 11.3 Å². The summed E-state index contributed by atoms with van der Waals surface area (Å²) in [7, 11) is 0. The Morgan fingerprint density at radius 2 is 2.32 bits per heavy atom. The van der Waals surface area contributed by atoms with Crippen molar-refractivity contribution in [1.82, 2.24) is 29.5 Å². The third-order valence-electron chi connectivity index (χ3n) is 4.50. The van der Waals surface area contributed by atoms with Gasteiger partial charge >= 0.3 is 0 Å². The molecule has 0 aliphatic carbocycles. The van der Waals surface area contributed by atoms with Crippen LogP contribution in [0, 0.1) is 0 Å². The van der Waals surface area contributed by atoms with Crippen molar-refractivity contribution in [3.8, 4) is 0 Å². The van der Waals surface area contributed by atoms with Crippen LogP contribution in [0.5, 0.6) is 0 Å². The number of imidazole rings is 1. The number of carbonyl (C=O) groups excluding carboxylic acids is 1. The molecule has 25 heavy (non-hydrogen) atoms. The Bertz CT molecular complexity index is 1020. The number of fused-ring (bicyclic) bond motifs is 2. The van der Waals surface area contributed by atoms with E-state index in [0.29, 0.717) is 11.4 Å². The number of aromatic nitrogens is 5. The first-order chi connectivity index (χ1) is 12.3. The highest BCUT2D eigenvalue weighted by atomic mass is 32.1. The lowest BCUT2D eigenvalue weighted by molar-refractivity contribution is 0.0692. The number of H-pyrrole nitrogens is 1. The molecule has 5 heterocycles. The standard InChI is InChI=1S/C17H14N6OS/c24-17(14-8-18-10-25-14)22-6-4-12-15(20-9-19-12)16(22)13-7-11-3-1-2-5-23(11)21-13/h1-3,5,7-10,16H,4,6H2,(H,19,20). The summed E-state index contributed by atoms with van der Waals surface area (Å²) in [4.78, 5) is 27.2. The van der Waals surface area contributed by atoms with Crippen LogP contribution >= 0.6 is 11.3 Å². The Morgan fingerprint density at radius 1 is 1.36 bits per heavy atom. The molecule has 8 heteroatoms. The van der Waals surface area contributed by atoms with E-state index in [1.54, 1.807) is 18.0 Å². The van der Waals surface area contributed by atoms with Crippen molar-refractivity contribution in [1.29, 1.82) is 0 Å². The number of hydrogen-bond acceptors (Lipinski definition) is 5. The molecule has 4 aromatic rings. The summed E-state index contributed by atoms with van der Waals surface area (Å²) in [5.41, 5.74) is 5.42. The Morgan fingerprint density at radius 3 is 3.16 bits per heavy atom. The van der Waals surface area contributed by atoms with Crippen LogP contribution in [0.4, 0.5) is 0 Å². The average molecular weight is 350 g/mol. The molecule has 124 valence electrons. The van der Waals surface area contributed by atoms with E-state index in [9.17, 15) is 4.79 Å². The molecule has 0 saturated heterocycles. The molecule has 1 unspecified atom stereocenters. The Labute approximate surface area is 147 Å². The lowest BCUT2D eigenvalue weighted by Crippen LogP contribution is -2.40. The van der Waals surface area contributed by atoms with Gasteiger partial charge in [-0.3, -0.25) is 9.78 Å². The van der Waals surface area contributed by atoms with Gasteiger partial charge in [0.2, 0.25) is 0 Å². The van der Waals surface area contributed by atoms with Gasteiger partial charge in [-0.1, -0.05) is 6.07 Å². The van der Waals surface area contributed by atoms with Gasteiger partial charge in [0.05, 0.1) is 34.9 Å². The number of nitrogens with one attached hydrogen (secondary N) is 1. The van der Waals surface area contributed by atoms with Crippen molar-refractivity contribution in [2.45, 2.75) is 12.5 Å². The first-order valence-corrected chi connectivity index (χ1v) is 8.85. The zero-order valence-electron chi connectivity index (χ0n) is 13.2. The number of amides is 1. The first-order valence-electron chi connectivity index (χ1n) is 7.97. The molecule has 4 aromatic heterocycles. The van der Waals surface area contributed by atoms with Crippen LogP contribution < -0.4 is 0 Å². The maximum atomic E-state index is 13.0. The van der Waals surface area contributed by atoms with Gasteiger partial charge in [0.1, 0.15) is 10.9 Å². The average Bonchev–Trinajstić information content (AvgIpc) is 3.39. The largest absolute Gasteiger partial charge is 0.348 e. The highest BCUT2D eigenvalue weighted by Crippen LogP contribution is 2.34. The van der Waals surface area contributed by atoms with E-state index in [-0.39, 0.29) is 11.9 Å². The predicted molar refractivity (Wildman–Crippen MR) is 92.5 cm³/mol. The number of carbonyl (C=O) groups is 1. The first kappa shape index (κ1) is 14.4. The molecule has 0 saturated carbocycles. The van der Waals surface area contributed by atoms with Crippen molar-refractivity contribution in [2.24, 2.45) is 0 Å². The van der Waals surface area contributed by atoms with E-state index >= 15 is 0 Å². The third-order valence-corrected chi connectivity index (χ3v) is 5.26. The molecule has 1 amide bonds. The van der Waals surface area contributed by atoms with Crippen LogP contribution in [0.3, 0.4) is 0 Å². The monoisotopic (exact) mass is 350 g/mol. The maximum Gasteiger partial charge on any atom is 0.266 e. The molecule has 0 radical (unpaired) electrons. The lowest BCUT2D eigenvalue weighted by Gasteiger charge is -2.33. The minimum Gasteiger partial charge on any atom is -0.348 e. The number of nitrogens with zero attached hydrogens (tertiary/aromatic N) is 5. The van der Waals surface area contributed by atoms with E-state index in [1.807, 2.05) is 39.9 Å². The quantitative estimate of drug-likeness (QED) is 0.602. The highest BCUT2D eigenvalue weighted by Gasteiger charge is 2.36. The number of hydrogen-bond donors (Lipinski definition) is 1. The Kier molecular flexibility index (Phi) is 3.17. The molecule has 0 bridgehead atoms. The second-order valence-corrected chi connectivity index (χ2v) is 6.81. The van der Waals surface area contributed by atoms with Crippen LogP contribution in [0.25, 0.3) is 5.52 Å². The molecule has 5 rings (SSSR count). The van der Waals surface area contributed by atoms with Gasteiger partial charge in [-0.05, 0) is 18.2 Å². The normalized spacial score (nSPS) is 17.0. The second-order valence-electron chi connectivity index (χ2n) is 5.92. The van der Waals surface area contributed by atoms with Gasteiger partial charge < -0.3 is 9.88 Å². The van der Waals surface area contributed by atoms with Crippen LogP contribution in [0.1, 0.15) is 32.8 Å². The number of pyridine rings is 1. The predicted octanol–water partition coefficient (Wildman–Crippen LogP) is 2.30. The van der Waals surface area contributed by atoms with Gasteiger partial charge in [-0.2, -0.15) is 5.10 Å². The summed E-state index contributed by atoms with van der Waals surface area (Å²) in [6, 6.07) is 7.62. The molecule has 0 fully saturated rings. The smallest absolute Gasteiger partial charge is 0.266 e. The lowest BCUT2D eigenvalue weighted by atomic mass is 9.99. The molecular formula is C17H14N6OS. The van der Waals surface area contributed by atoms with Crippen LogP contribution in [-0.4, -0.2) is 41.9 Å². The molecular weight excluding hydrogens is 336 g/mol. The zero-order valence-corrected chi connectivity index (χ0v) is 14.0. The van der Waals surface area contributed by atoms with E-state index in [4.69, 9.17) is 0 Å². The molecule has 0 aromatic carbocycles. The van der Waals surface area contributed by atoms with Crippen molar-refractivity contribution in [3.63, 3.8) is 0 Å². The van der Waals surface area contributed by atoms with Crippen molar-refractivity contribution in [2.75, 3.05) is 6.54 Å². The van der Waals surface area contributed by atoms with Crippen molar-refractivity contribution in [3.05, 3.63) is 70.5 Å². The number of thiazole rings is 1. The van der Waals surface area contributed by atoms with Gasteiger partial charge in [0.15, 0.2) is 0 Å². The molecule has 1 atom stereocenters. The van der Waals surface area contributed by atoms with E-state index in [1.165, 1.54) is 11.3 Å². The van der Waals surface area contributed by atoms with Crippen LogP contribution in [-0.2, 0) is 6.42 Å². The molecule has 1 aliphatic heterocycles. The summed E-state index contributed by atoms with van der Waals surface area (Å²) in [5.74, 6) is -0.0294.